The number of carbonyl (C=O) groups excluding carboxylic acids is 1. The van der Waals surface area contributed by atoms with E-state index in [1.165, 1.54) is 5.56 Å². The van der Waals surface area contributed by atoms with Crippen molar-refractivity contribution in [3.63, 3.8) is 0 Å². The molecule has 0 aliphatic carbocycles. The molecule has 5 rings (SSSR count). The van der Waals surface area contributed by atoms with Crippen molar-refractivity contribution in [3.8, 4) is 0 Å². The number of nitrogens with zero attached hydrogens (tertiary/aromatic N) is 4. The van der Waals surface area contributed by atoms with Crippen LogP contribution in [-0.4, -0.2) is 88.0 Å². The summed E-state index contributed by atoms with van der Waals surface area (Å²) in [6, 6.07) is 24.3. The zero-order valence-electron chi connectivity index (χ0n) is 24.9. The third-order valence-corrected chi connectivity index (χ3v) is 10.7. The van der Waals surface area contributed by atoms with Crippen LogP contribution in [0.3, 0.4) is 0 Å². The van der Waals surface area contributed by atoms with Crippen LogP contribution in [0.25, 0.3) is 0 Å². The Labute approximate surface area is 261 Å². The van der Waals surface area contributed by atoms with Gasteiger partial charge in [0.05, 0.1) is 4.90 Å². The van der Waals surface area contributed by atoms with E-state index in [0.29, 0.717) is 41.2 Å². The number of piperidine rings is 1. The molecular weight excluding hydrogens is 582 g/mol. The lowest BCUT2D eigenvalue weighted by molar-refractivity contribution is 0.183. The molecule has 2 aliphatic heterocycles. The lowest BCUT2D eigenvalue weighted by atomic mass is 9.90. The second kappa shape index (κ2) is 14.7. The fourth-order valence-corrected chi connectivity index (χ4v) is 7.40. The van der Waals surface area contributed by atoms with Gasteiger partial charge in [0.25, 0.3) is 0 Å². The first kappa shape index (κ1) is 31.5. The van der Waals surface area contributed by atoms with Crippen molar-refractivity contribution in [1.29, 1.82) is 0 Å². The predicted molar refractivity (Wildman–Crippen MR) is 174 cm³/mol. The number of nitrogens with one attached hydrogen (secondary N) is 1. The summed E-state index contributed by atoms with van der Waals surface area (Å²) < 4.78 is 27.7. The number of anilines is 2. The van der Waals surface area contributed by atoms with E-state index in [2.05, 4.69) is 15.1 Å². The fraction of sp³-hybridized carbons (Fsp3) is 0.424. The van der Waals surface area contributed by atoms with Crippen molar-refractivity contribution >= 4 is 39.0 Å². The largest absolute Gasteiger partial charge is 0.326 e. The highest BCUT2D eigenvalue weighted by Gasteiger charge is 2.27. The number of likely N-dealkylation sites (N-methyl/N-ethyl adjacent to an activating group) is 1. The topological polar surface area (TPSA) is 76.2 Å². The number of rotatable bonds is 10. The minimum atomic E-state index is -3.43. The van der Waals surface area contributed by atoms with Gasteiger partial charge >= 0.3 is 6.03 Å². The van der Waals surface area contributed by atoms with Crippen LogP contribution in [0.5, 0.6) is 0 Å². The molecule has 0 unspecified atom stereocenters. The minimum Gasteiger partial charge on any atom is -0.308 e. The predicted octanol–water partition coefficient (Wildman–Crippen LogP) is 5.66. The second-order valence-corrected chi connectivity index (χ2v) is 14.0. The summed E-state index contributed by atoms with van der Waals surface area (Å²) in [5.74, 6) is 0.585. The van der Waals surface area contributed by atoms with E-state index in [4.69, 9.17) is 11.6 Å². The van der Waals surface area contributed by atoms with Crippen molar-refractivity contribution in [2.45, 2.75) is 30.6 Å². The minimum absolute atomic E-state index is 0.158. The number of sulfonamides is 1. The Morgan fingerprint density at radius 2 is 1.53 bits per heavy atom. The standard InChI is InChI=1S/C33H42ClN5O3S/c1-36-22-24-38(25-23-36)43(41,42)32-14-8-27(9-15-32)26-28-16-20-37(21-17-28)18-5-19-39(31-6-3-2-4-7-31)33(40)35-30-12-10-29(34)11-13-30/h2-4,6-15,28H,5,16-26H2,1H3,(H,35,40). The van der Waals surface area contributed by atoms with Gasteiger partial charge in [0.2, 0.25) is 10.0 Å². The number of urea groups is 1. The Balaban J connectivity index is 1.08. The van der Waals surface area contributed by atoms with Gasteiger partial charge in [0, 0.05) is 49.1 Å². The number of benzene rings is 3. The first-order valence-electron chi connectivity index (χ1n) is 15.2. The number of amides is 2. The van der Waals surface area contributed by atoms with Crippen molar-refractivity contribution in [3.05, 3.63) is 89.4 Å². The van der Waals surface area contributed by atoms with Gasteiger partial charge in [-0.1, -0.05) is 41.9 Å². The summed E-state index contributed by atoms with van der Waals surface area (Å²) in [6.45, 7) is 6.23. The van der Waals surface area contributed by atoms with Crippen LogP contribution in [0.15, 0.2) is 83.8 Å². The lowest BCUT2D eigenvalue weighted by Gasteiger charge is -2.33. The number of likely N-dealkylation sites (tertiary alicyclic amines) is 1. The number of piperazine rings is 1. The van der Waals surface area contributed by atoms with E-state index >= 15 is 0 Å². The highest BCUT2D eigenvalue weighted by molar-refractivity contribution is 7.89. The van der Waals surface area contributed by atoms with E-state index in [-0.39, 0.29) is 6.03 Å². The summed E-state index contributed by atoms with van der Waals surface area (Å²) in [7, 11) is -1.41. The first-order valence-corrected chi connectivity index (χ1v) is 17.0. The number of carbonyl (C=O) groups is 1. The number of halogens is 1. The Morgan fingerprint density at radius 3 is 2.19 bits per heavy atom. The van der Waals surface area contributed by atoms with E-state index < -0.39 is 10.0 Å². The summed E-state index contributed by atoms with van der Waals surface area (Å²) in [6.07, 6.45) is 4.06. The SMILES string of the molecule is CN1CCN(S(=O)(=O)c2ccc(CC3CCN(CCCN(C(=O)Nc4ccc(Cl)cc4)c4ccccc4)CC3)cc2)CC1. The zero-order valence-corrected chi connectivity index (χ0v) is 26.4. The van der Waals surface area contributed by atoms with Crippen LogP contribution < -0.4 is 10.2 Å². The summed E-state index contributed by atoms with van der Waals surface area (Å²) in [5, 5.41) is 3.62. The van der Waals surface area contributed by atoms with Gasteiger partial charge in [-0.15, -0.1) is 0 Å². The highest BCUT2D eigenvalue weighted by atomic mass is 35.5. The maximum atomic E-state index is 13.2. The molecule has 230 valence electrons. The average Bonchev–Trinajstić information content (AvgIpc) is 3.02. The molecule has 0 aromatic heterocycles. The molecule has 0 spiro atoms. The third kappa shape index (κ3) is 8.58. The van der Waals surface area contributed by atoms with Gasteiger partial charge in [0.15, 0.2) is 0 Å². The molecule has 3 aromatic rings. The highest BCUT2D eigenvalue weighted by Crippen LogP contribution is 2.25. The van der Waals surface area contributed by atoms with Crippen molar-refractivity contribution in [2.24, 2.45) is 5.92 Å². The van der Waals surface area contributed by atoms with E-state index in [9.17, 15) is 13.2 Å². The van der Waals surface area contributed by atoms with Gasteiger partial charge in [0.1, 0.15) is 0 Å². The molecule has 2 fully saturated rings. The number of para-hydroxylation sites is 1. The van der Waals surface area contributed by atoms with Gasteiger partial charge < -0.3 is 15.1 Å². The molecule has 3 aromatic carbocycles. The molecule has 8 nitrogen and oxygen atoms in total. The van der Waals surface area contributed by atoms with Crippen LogP contribution >= 0.6 is 11.6 Å². The smallest absolute Gasteiger partial charge is 0.308 e. The Hall–Kier alpha value is -2.95. The van der Waals surface area contributed by atoms with Crippen LogP contribution in [0.4, 0.5) is 16.2 Å². The maximum absolute atomic E-state index is 13.2. The summed E-state index contributed by atoms with van der Waals surface area (Å²) >= 11 is 6.00. The normalized spacial score (nSPS) is 17.5. The van der Waals surface area contributed by atoms with Crippen molar-refractivity contribution in [2.75, 3.05) is 69.6 Å². The van der Waals surface area contributed by atoms with Gasteiger partial charge in [-0.05, 0) is 112 Å². The molecule has 10 heteroatoms. The van der Waals surface area contributed by atoms with Gasteiger partial charge in [-0.3, -0.25) is 4.90 Å². The molecule has 2 aliphatic rings. The summed E-state index contributed by atoms with van der Waals surface area (Å²) in [5.41, 5.74) is 2.78. The van der Waals surface area contributed by atoms with Crippen LogP contribution in [0.1, 0.15) is 24.8 Å². The maximum Gasteiger partial charge on any atom is 0.326 e. The summed E-state index contributed by atoms with van der Waals surface area (Å²) in [4.78, 5) is 20.0. The lowest BCUT2D eigenvalue weighted by Crippen LogP contribution is -2.46. The monoisotopic (exact) mass is 623 g/mol. The van der Waals surface area contributed by atoms with Crippen LogP contribution in [0, 0.1) is 5.92 Å². The third-order valence-electron chi connectivity index (χ3n) is 8.52. The molecular formula is C33H42ClN5O3S. The first-order chi connectivity index (χ1) is 20.8. The Bertz CT molecular complexity index is 1420. The Morgan fingerprint density at radius 1 is 0.884 bits per heavy atom. The molecule has 0 atom stereocenters. The molecule has 2 amide bonds. The van der Waals surface area contributed by atoms with Crippen molar-refractivity contribution < 1.29 is 13.2 Å². The van der Waals surface area contributed by atoms with Crippen LogP contribution in [0.2, 0.25) is 5.02 Å². The molecule has 1 N–H and O–H groups in total. The molecule has 0 radical (unpaired) electrons. The molecule has 43 heavy (non-hydrogen) atoms. The van der Waals surface area contributed by atoms with E-state index in [1.54, 1.807) is 45.6 Å². The van der Waals surface area contributed by atoms with E-state index in [1.807, 2.05) is 49.5 Å². The van der Waals surface area contributed by atoms with Gasteiger partial charge in [-0.2, -0.15) is 4.31 Å². The van der Waals surface area contributed by atoms with Crippen LogP contribution in [-0.2, 0) is 16.4 Å². The van der Waals surface area contributed by atoms with E-state index in [0.717, 1.165) is 64.1 Å². The quantitative estimate of drug-likeness (QED) is 0.315. The molecule has 2 heterocycles. The number of hydrogen-bond donors (Lipinski definition) is 1. The Kier molecular flexibility index (Phi) is 10.7. The second-order valence-electron chi connectivity index (χ2n) is 11.6. The van der Waals surface area contributed by atoms with Crippen molar-refractivity contribution in [1.82, 2.24) is 14.1 Å². The molecule has 2 saturated heterocycles. The number of hydrogen-bond acceptors (Lipinski definition) is 5. The molecule has 0 bridgehead atoms. The van der Waals surface area contributed by atoms with Gasteiger partial charge in [-0.25, -0.2) is 13.2 Å². The fourth-order valence-electron chi connectivity index (χ4n) is 5.85. The zero-order chi connectivity index (χ0) is 30.2. The molecule has 0 saturated carbocycles. The average molecular weight is 624 g/mol.